The van der Waals surface area contributed by atoms with E-state index in [9.17, 15) is 14.4 Å². The minimum atomic E-state index is -0.419. The van der Waals surface area contributed by atoms with E-state index < -0.39 is 6.04 Å². The van der Waals surface area contributed by atoms with E-state index in [1.165, 1.54) is 22.9 Å². The molecule has 2 saturated heterocycles. The lowest BCUT2D eigenvalue weighted by molar-refractivity contribution is -0.137. The first-order valence-corrected chi connectivity index (χ1v) is 10.9. The zero-order valence-corrected chi connectivity index (χ0v) is 16.2. The van der Waals surface area contributed by atoms with Crippen molar-refractivity contribution in [2.45, 2.75) is 55.9 Å². The second-order valence-electron chi connectivity index (χ2n) is 7.83. The van der Waals surface area contributed by atoms with Crippen molar-refractivity contribution in [2.75, 3.05) is 12.4 Å². The van der Waals surface area contributed by atoms with Gasteiger partial charge in [-0.1, -0.05) is 24.3 Å². The number of carbonyl (C=O) groups excluding carboxylic acids is 3. The van der Waals surface area contributed by atoms with Crippen LogP contribution >= 0.6 is 11.8 Å². The minimum absolute atomic E-state index is 0.0428. The van der Waals surface area contributed by atoms with E-state index in [1.54, 1.807) is 4.90 Å². The predicted octanol–water partition coefficient (Wildman–Crippen LogP) is 1.97. The van der Waals surface area contributed by atoms with E-state index in [0.717, 1.165) is 38.4 Å². The summed E-state index contributed by atoms with van der Waals surface area (Å²) in [6.45, 7) is 0.663. The molecule has 0 aromatic heterocycles. The van der Waals surface area contributed by atoms with E-state index >= 15 is 0 Å². The van der Waals surface area contributed by atoms with E-state index in [2.05, 4.69) is 29.6 Å². The molecule has 144 valence electrons. The summed E-state index contributed by atoms with van der Waals surface area (Å²) in [4.78, 5) is 38.7. The third-order valence-electron chi connectivity index (χ3n) is 6.14. The number of rotatable bonds is 6. The Kier molecular flexibility index (Phi) is 5.64. The van der Waals surface area contributed by atoms with Gasteiger partial charge in [0.1, 0.15) is 6.29 Å². The van der Waals surface area contributed by atoms with E-state index in [0.29, 0.717) is 24.8 Å². The fourth-order valence-corrected chi connectivity index (χ4v) is 5.86. The maximum absolute atomic E-state index is 12.9. The van der Waals surface area contributed by atoms with Crippen LogP contribution in [0.2, 0.25) is 0 Å². The van der Waals surface area contributed by atoms with Crippen LogP contribution in [0.1, 0.15) is 36.8 Å². The highest BCUT2D eigenvalue weighted by Gasteiger charge is 2.42. The van der Waals surface area contributed by atoms with Gasteiger partial charge < -0.3 is 9.69 Å². The number of aldehydes is 1. The summed E-state index contributed by atoms with van der Waals surface area (Å²) >= 11 is 1.48. The second kappa shape index (κ2) is 8.15. The number of benzene rings is 1. The van der Waals surface area contributed by atoms with Crippen LogP contribution in [0, 0.1) is 5.92 Å². The van der Waals surface area contributed by atoms with Crippen LogP contribution in [0.5, 0.6) is 0 Å². The van der Waals surface area contributed by atoms with Gasteiger partial charge in [-0.2, -0.15) is 0 Å². The van der Waals surface area contributed by atoms with Crippen molar-refractivity contribution < 1.29 is 14.4 Å². The van der Waals surface area contributed by atoms with Crippen LogP contribution in [0.3, 0.4) is 0 Å². The Morgan fingerprint density at radius 3 is 2.67 bits per heavy atom. The van der Waals surface area contributed by atoms with E-state index in [1.807, 2.05) is 0 Å². The molecule has 6 heteroatoms. The molecule has 27 heavy (non-hydrogen) atoms. The molecular weight excluding hydrogens is 360 g/mol. The third-order valence-corrected chi connectivity index (χ3v) is 7.36. The first kappa shape index (κ1) is 18.7. The SMILES string of the molecule is O=C[C@H]1NCSC1C(=O)[C@@H]1CCCN1C(=O)CCC1Cc2ccccc2C1. The van der Waals surface area contributed by atoms with Crippen molar-refractivity contribution in [3.05, 3.63) is 35.4 Å². The lowest BCUT2D eigenvalue weighted by Crippen LogP contribution is -2.47. The van der Waals surface area contributed by atoms with Crippen LogP contribution in [-0.4, -0.2) is 52.6 Å². The van der Waals surface area contributed by atoms with Gasteiger partial charge in [-0.25, -0.2) is 0 Å². The number of nitrogens with one attached hydrogen (secondary N) is 1. The van der Waals surface area contributed by atoms with Crippen molar-refractivity contribution in [3.8, 4) is 0 Å². The zero-order valence-electron chi connectivity index (χ0n) is 15.4. The summed E-state index contributed by atoms with van der Waals surface area (Å²) in [7, 11) is 0. The lowest BCUT2D eigenvalue weighted by Gasteiger charge is -2.27. The van der Waals surface area contributed by atoms with Crippen LogP contribution in [0.4, 0.5) is 0 Å². The summed E-state index contributed by atoms with van der Waals surface area (Å²) in [6.07, 6.45) is 5.91. The van der Waals surface area contributed by atoms with Gasteiger partial charge in [-0.3, -0.25) is 14.9 Å². The molecular formula is C21H26N2O3S. The average molecular weight is 387 g/mol. The Balaban J connectivity index is 1.33. The van der Waals surface area contributed by atoms with Crippen molar-refractivity contribution >= 4 is 29.7 Å². The second-order valence-corrected chi connectivity index (χ2v) is 8.96. The van der Waals surface area contributed by atoms with Crippen LogP contribution < -0.4 is 5.32 Å². The molecule has 0 spiro atoms. The number of hydrogen-bond donors (Lipinski definition) is 1. The Morgan fingerprint density at radius 2 is 1.96 bits per heavy atom. The highest BCUT2D eigenvalue weighted by Crippen LogP contribution is 2.31. The van der Waals surface area contributed by atoms with Crippen molar-refractivity contribution in [3.63, 3.8) is 0 Å². The van der Waals surface area contributed by atoms with Gasteiger partial charge in [0.15, 0.2) is 5.78 Å². The molecule has 1 N–H and O–H groups in total. The number of likely N-dealkylation sites (tertiary alicyclic amines) is 1. The number of ketones is 1. The molecule has 0 bridgehead atoms. The molecule has 1 amide bonds. The van der Waals surface area contributed by atoms with Gasteiger partial charge in [-0.05, 0) is 49.1 Å². The van der Waals surface area contributed by atoms with E-state index in [4.69, 9.17) is 0 Å². The number of amides is 1. The van der Waals surface area contributed by atoms with Crippen molar-refractivity contribution in [1.82, 2.24) is 10.2 Å². The molecule has 1 unspecified atom stereocenters. The molecule has 2 fully saturated rings. The largest absolute Gasteiger partial charge is 0.333 e. The number of thioether (sulfide) groups is 1. The third kappa shape index (κ3) is 3.83. The quantitative estimate of drug-likeness (QED) is 0.757. The molecule has 1 aromatic carbocycles. The van der Waals surface area contributed by atoms with Gasteiger partial charge >= 0.3 is 0 Å². The monoisotopic (exact) mass is 386 g/mol. The normalized spacial score (nSPS) is 27.7. The number of Topliss-reactive ketones (excluding diaryl/α,β-unsaturated/α-hetero) is 1. The fraction of sp³-hybridized carbons (Fsp3) is 0.571. The summed E-state index contributed by atoms with van der Waals surface area (Å²) in [5.41, 5.74) is 2.82. The average Bonchev–Trinajstić information content (AvgIpc) is 3.43. The minimum Gasteiger partial charge on any atom is -0.333 e. The standard InChI is InChI=1S/C21H26N2O3S/c24-12-17-21(27-13-22-17)20(26)18-6-3-9-23(18)19(25)8-7-14-10-15-4-1-2-5-16(15)11-14/h1-2,4-5,12,14,17-18,21-22H,3,6-11,13H2/t17-,18+,21?/m1/s1. The molecule has 2 aliphatic heterocycles. The molecule has 3 aliphatic rings. The zero-order chi connectivity index (χ0) is 18.8. The molecule has 4 rings (SSSR count). The number of carbonyl (C=O) groups is 3. The first-order valence-electron chi connectivity index (χ1n) is 9.87. The molecule has 0 saturated carbocycles. The number of fused-ring (bicyclic) bond motifs is 1. The summed E-state index contributed by atoms with van der Waals surface area (Å²) in [5, 5.41) is 2.69. The lowest BCUT2D eigenvalue weighted by atomic mass is 9.99. The number of nitrogens with zero attached hydrogens (tertiary/aromatic N) is 1. The summed E-state index contributed by atoms with van der Waals surface area (Å²) < 4.78 is 0. The van der Waals surface area contributed by atoms with Crippen LogP contribution in [0.15, 0.2) is 24.3 Å². The van der Waals surface area contributed by atoms with Gasteiger partial charge in [0, 0.05) is 18.8 Å². The van der Waals surface area contributed by atoms with E-state index in [-0.39, 0.29) is 23.0 Å². The fourth-order valence-electron chi connectivity index (χ4n) is 4.70. The first-order chi connectivity index (χ1) is 13.2. The van der Waals surface area contributed by atoms with Gasteiger partial charge in [0.25, 0.3) is 0 Å². The molecule has 3 atom stereocenters. The highest BCUT2D eigenvalue weighted by atomic mass is 32.2. The molecule has 1 aromatic rings. The van der Waals surface area contributed by atoms with Gasteiger partial charge in [0.05, 0.1) is 17.3 Å². The Bertz CT molecular complexity index is 713. The van der Waals surface area contributed by atoms with Gasteiger partial charge in [0.2, 0.25) is 5.91 Å². The Hall–Kier alpha value is -1.66. The molecule has 2 heterocycles. The highest BCUT2D eigenvalue weighted by molar-refractivity contribution is 8.00. The Labute approximate surface area is 164 Å². The van der Waals surface area contributed by atoms with Crippen LogP contribution in [0.25, 0.3) is 0 Å². The molecule has 1 aliphatic carbocycles. The topological polar surface area (TPSA) is 66.5 Å². The summed E-state index contributed by atoms with van der Waals surface area (Å²) in [5.74, 6) is 1.28. The van der Waals surface area contributed by atoms with Crippen molar-refractivity contribution in [2.24, 2.45) is 5.92 Å². The number of hydrogen-bond acceptors (Lipinski definition) is 5. The molecule has 0 radical (unpaired) electrons. The smallest absolute Gasteiger partial charge is 0.223 e. The maximum atomic E-state index is 12.9. The van der Waals surface area contributed by atoms with Crippen molar-refractivity contribution in [1.29, 1.82) is 0 Å². The van der Waals surface area contributed by atoms with Gasteiger partial charge in [-0.15, -0.1) is 11.8 Å². The maximum Gasteiger partial charge on any atom is 0.223 e. The Morgan fingerprint density at radius 1 is 1.22 bits per heavy atom. The molecule has 5 nitrogen and oxygen atoms in total. The predicted molar refractivity (Wildman–Crippen MR) is 106 cm³/mol. The van der Waals surface area contributed by atoms with Crippen LogP contribution in [-0.2, 0) is 27.2 Å². The summed E-state index contributed by atoms with van der Waals surface area (Å²) in [6, 6.07) is 7.76.